The number of hydrogen-bond acceptors (Lipinski definition) is 5. The van der Waals surface area contributed by atoms with Crippen molar-refractivity contribution in [3.8, 4) is 0 Å². The normalized spacial score (nSPS) is 17.7. The van der Waals surface area contributed by atoms with Crippen LogP contribution < -0.4 is 5.56 Å². The van der Waals surface area contributed by atoms with Crippen LogP contribution in [-0.2, 0) is 22.3 Å². The Hall–Kier alpha value is -2.43. The van der Waals surface area contributed by atoms with E-state index in [0.29, 0.717) is 30.2 Å². The molecule has 1 aliphatic carbocycles. The zero-order valence-corrected chi connectivity index (χ0v) is 13.0. The van der Waals surface area contributed by atoms with Gasteiger partial charge < -0.3 is 9.84 Å². The van der Waals surface area contributed by atoms with Gasteiger partial charge in [0.25, 0.3) is 11.3 Å². The van der Waals surface area contributed by atoms with Crippen LogP contribution in [0.3, 0.4) is 0 Å². The molecule has 2 heterocycles. The molecule has 136 valence electrons. The summed E-state index contributed by atoms with van der Waals surface area (Å²) in [5.74, 6) is -2.89. The number of hydrogen-bond donors (Lipinski definition) is 2. The number of nitrogens with one attached hydrogen (secondary N) is 1. The maximum atomic E-state index is 12.7. The van der Waals surface area contributed by atoms with Crippen molar-refractivity contribution in [3.05, 3.63) is 27.9 Å². The summed E-state index contributed by atoms with van der Waals surface area (Å²) in [6, 6.07) is 0.990. The summed E-state index contributed by atoms with van der Waals surface area (Å²) in [6.45, 7) is -0.299. The third kappa shape index (κ3) is 3.36. The molecule has 1 saturated carbocycles. The predicted octanol–water partition coefficient (Wildman–Crippen LogP) is 1.74. The lowest BCUT2D eigenvalue weighted by Gasteiger charge is -2.32. The summed E-state index contributed by atoms with van der Waals surface area (Å²) in [5.41, 5.74) is -2.12. The van der Waals surface area contributed by atoms with Crippen LogP contribution in [0.25, 0.3) is 5.78 Å². The Morgan fingerprint density at radius 3 is 2.60 bits per heavy atom. The average molecular weight is 360 g/mol. The Bertz CT molecular complexity index is 852. The zero-order chi connectivity index (χ0) is 18.2. The molecular weight excluding hydrogens is 345 g/mol. The molecule has 0 saturated heterocycles. The number of ether oxygens (including phenoxy) is 1. The van der Waals surface area contributed by atoms with E-state index in [1.807, 2.05) is 5.10 Å². The van der Waals surface area contributed by atoms with Crippen molar-refractivity contribution in [2.45, 2.75) is 50.5 Å². The molecule has 0 bridgehead atoms. The largest absolute Gasteiger partial charge is 0.479 e. The second kappa shape index (κ2) is 6.14. The van der Waals surface area contributed by atoms with Crippen LogP contribution in [0.2, 0.25) is 0 Å². The van der Waals surface area contributed by atoms with Crippen molar-refractivity contribution in [3.63, 3.8) is 0 Å². The molecule has 11 heteroatoms. The van der Waals surface area contributed by atoms with E-state index in [1.54, 1.807) is 0 Å². The van der Waals surface area contributed by atoms with E-state index in [1.165, 1.54) is 0 Å². The smallest absolute Gasteiger partial charge is 0.451 e. The zero-order valence-electron chi connectivity index (χ0n) is 13.0. The number of aromatic nitrogens is 4. The van der Waals surface area contributed by atoms with E-state index in [4.69, 9.17) is 4.74 Å². The number of rotatable bonds is 4. The second-order valence-electron chi connectivity index (χ2n) is 5.94. The third-order valence-electron chi connectivity index (χ3n) is 4.20. The van der Waals surface area contributed by atoms with Crippen LogP contribution in [-0.4, -0.2) is 36.3 Å². The van der Waals surface area contributed by atoms with Gasteiger partial charge in [-0.3, -0.25) is 9.89 Å². The van der Waals surface area contributed by atoms with Crippen molar-refractivity contribution >= 4 is 11.7 Å². The van der Waals surface area contributed by atoms with E-state index in [0.717, 1.165) is 12.5 Å². The summed E-state index contributed by atoms with van der Waals surface area (Å²) >= 11 is 0. The lowest BCUT2D eigenvalue weighted by Crippen LogP contribution is -2.43. The van der Waals surface area contributed by atoms with Gasteiger partial charge in [0.2, 0.25) is 5.82 Å². The standard InChI is InChI=1S/C14H15F3N4O4/c15-14(16,17)10-19-12-18-8(6-9(22)21(12)20-10)7-25-13(11(23)24)4-2-1-3-5-13/h6H,1-5,7H2,(H,23,24)(H,18,19,20). The first-order chi connectivity index (χ1) is 11.7. The van der Waals surface area contributed by atoms with Gasteiger partial charge in [0.15, 0.2) is 5.60 Å². The Kier molecular flexibility index (Phi) is 4.27. The van der Waals surface area contributed by atoms with Gasteiger partial charge in [-0.2, -0.15) is 22.7 Å². The molecule has 2 aromatic heterocycles. The molecular formula is C14H15F3N4O4. The molecule has 1 fully saturated rings. The van der Waals surface area contributed by atoms with Crippen molar-refractivity contribution < 1.29 is 27.8 Å². The van der Waals surface area contributed by atoms with Crippen molar-refractivity contribution in [2.24, 2.45) is 0 Å². The first-order valence-electron chi connectivity index (χ1n) is 7.64. The fourth-order valence-electron chi connectivity index (χ4n) is 2.88. The first kappa shape index (κ1) is 17.4. The first-order valence-corrected chi connectivity index (χ1v) is 7.64. The van der Waals surface area contributed by atoms with E-state index in [9.17, 15) is 27.9 Å². The van der Waals surface area contributed by atoms with Gasteiger partial charge in [0.05, 0.1) is 12.3 Å². The van der Waals surface area contributed by atoms with Gasteiger partial charge in [0.1, 0.15) is 0 Å². The van der Waals surface area contributed by atoms with Crippen LogP contribution >= 0.6 is 0 Å². The number of nitrogens with zero attached hydrogens (tertiary/aromatic N) is 3. The van der Waals surface area contributed by atoms with E-state index in [2.05, 4.69) is 9.97 Å². The number of fused-ring (bicyclic) bond motifs is 1. The van der Waals surface area contributed by atoms with Crippen LogP contribution in [0, 0.1) is 0 Å². The Morgan fingerprint density at radius 2 is 2.00 bits per heavy atom. The monoisotopic (exact) mass is 360 g/mol. The molecule has 0 aromatic carbocycles. The average Bonchev–Trinajstić information content (AvgIpc) is 2.99. The second-order valence-corrected chi connectivity index (χ2v) is 5.94. The molecule has 0 aliphatic heterocycles. The number of halogens is 3. The number of H-pyrrole nitrogens is 1. The quantitative estimate of drug-likeness (QED) is 0.860. The molecule has 0 atom stereocenters. The fraction of sp³-hybridized carbons (Fsp3) is 0.571. The van der Waals surface area contributed by atoms with Gasteiger partial charge >= 0.3 is 12.1 Å². The topological polar surface area (TPSA) is 110 Å². The van der Waals surface area contributed by atoms with Gasteiger partial charge in [0, 0.05) is 6.07 Å². The number of aromatic amines is 1. The Labute approximate surface area is 138 Å². The molecule has 2 aromatic rings. The summed E-state index contributed by atoms with van der Waals surface area (Å²) in [7, 11) is 0. The highest BCUT2D eigenvalue weighted by Crippen LogP contribution is 2.32. The van der Waals surface area contributed by atoms with Crippen LogP contribution in [0.15, 0.2) is 10.9 Å². The van der Waals surface area contributed by atoms with Gasteiger partial charge in [-0.05, 0) is 25.7 Å². The van der Waals surface area contributed by atoms with Crippen LogP contribution in [0.1, 0.15) is 43.6 Å². The molecule has 25 heavy (non-hydrogen) atoms. The lowest BCUT2D eigenvalue weighted by molar-refractivity contribution is -0.173. The highest BCUT2D eigenvalue weighted by atomic mass is 19.4. The molecule has 3 rings (SSSR count). The number of carboxylic acid groups (broad SMARTS) is 1. The predicted molar refractivity (Wildman–Crippen MR) is 76.9 cm³/mol. The lowest BCUT2D eigenvalue weighted by atomic mass is 9.84. The minimum absolute atomic E-state index is 0.0245. The summed E-state index contributed by atoms with van der Waals surface area (Å²) in [6.07, 6.45) is -1.75. The SMILES string of the molecule is O=C(O)C1(OCc2cc(=O)n3[nH]c(C(F)(F)F)nc3n2)CCCCC1. The maximum absolute atomic E-state index is 12.7. The van der Waals surface area contributed by atoms with Gasteiger partial charge in [-0.1, -0.05) is 6.42 Å². The highest BCUT2D eigenvalue weighted by molar-refractivity contribution is 5.77. The van der Waals surface area contributed by atoms with Gasteiger partial charge in [-0.25, -0.2) is 9.78 Å². The Balaban J connectivity index is 1.86. The molecule has 2 N–H and O–H groups in total. The number of carboxylic acids is 1. The van der Waals surface area contributed by atoms with Gasteiger partial charge in [-0.15, -0.1) is 0 Å². The molecule has 0 amide bonds. The molecule has 8 nitrogen and oxygen atoms in total. The van der Waals surface area contributed by atoms with Crippen LogP contribution in [0.4, 0.5) is 13.2 Å². The Morgan fingerprint density at radius 1 is 1.32 bits per heavy atom. The van der Waals surface area contributed by atoms with Crippen molar-refractivity contribution in [1.82, 2.24) is 19.6 Å². The van der Waals surface area contributed by atoms with Crippen molar-refractivity contribution in [2.75, 3.05) is 0 Å². The molecule has 0 radical (unpaired) electrons. The van der Waals surface area contributed by atoms with E-state index >= 15 is 0 Å². The number of carbonyl (C=O) groups is 1. The third-order valence-corrected chi connectivity index (χ3v) is 4.20. The number of alkyl halides is 3. The summed E-state index contributed by atoms with van der Waals surface area (Å²) < 4.78 is 44.1. The minimum Gasteiger partial charge on any atom is -0.479 e. The number of aliphatic carboxylic acids is 1. The molecule has 0 spiro atoms. The van der Waals surface area contributed by atoms with Crippen molar-refractivity contribution in [1.29, 1.82) is 0 Å². The van der Waals surface area contributed by atoms with E-state index < -0.39 is 34.9 Å². The summed E-state index contributed by atoms with van der Waals surface area (Å²) in [4.78, 5) is 30.6. The minimum atomic E-state index is -4.74. The van der Waals surface area contributed by atoms with E-state index in [-0.39, 0.29) is 12.3 Å². The molecule has 1 aliphatic rings. The maximum Gasteiger partial charge on any atom is 0.451 e. The fourth-order valence-corrected chi connectivity index (χ4v) is 2.88. The van der Waals surface area contributed by atoms with Crippen LogP contribution in [0.5, 0.6) is 0 Å². The highest BCUT2D eigenvalue weighted by Gasteiger charge is 2.41. The molecule has 0 unspecified atom stereocenters. The summed E-state index contributed by atoms with van der Waals surface area (Å²) in [5, 5.41) is 11.3.